The molecule has 0 spiro atoms. The first-order chi connectivity index (χ1) is 8.97. The summed E-state index contributed by atoms with van der Waals surface area (Å²) in [6.45, 7) is 5.14. The number of ether oxygens (including phenoxy) is 1. The normalized spacial score (nSPS) is 15.3. The predicted octanol–water partition coefficient (Wildman–Crippen LogP) is 2.82. The average molecular weight is 270 g/mol. The van der Waals surface area contributed by atoms with Gasteiger partial charge in [-0.25, -0.2) is 4.39 Å². The Morgan fingerprint density at radius 3 is 2.32 bits per heavy atom. The zero-order chi connectivity index (χ0) is 14.5. The van der Waals surface area contributed by atoms with E-state index in [1.807, 2.05) is 13.8 Å². The van der Waals surface area contributed by atoms with Gasteiger partial charge in [0, 0.05) is 5.92 Å². The topological polar surface area (TPSA) is 49.7 Å². The van der Waals surface area contributed by atoms with Crippen LogP contribution in [-0.4, -0.2) is 28.7 Å². The summed E-state index contributed by atoms with van der Waals surface area (Å²) in [4.78, 5) is 0. The molecule has 0 aliphatic carbocycles. The van der Waals surface area contributed by atoms with Crippen molar-refractivity contribution in [3.05, 3.63) is 35.6 Å². The van der Waals surface area contributed by atoms with E-state index in [0.29, 0.717) is 18.4 Å². The molecule has 108 valence electrons. The van der Waals surface area contributed by atoms with Gasteiger partial charge >= 0.3 is 0 Å². The Bertz CT molecular complexity index is 391. The van der Waals surface area contributed by atoms with Crippen molar-refractivity contribution in [1.29, 1.82) is 0 Å². The molecule has 3 nitrogen and oxygen atoms in total. The second kappa shape index (κ2) is 6.98. The van der Waals surface area contributed by atoms with Crippen molar-refractivity contribution in [3.8, 4) is 0 Å². The molecular formula is C15H23FO3. The molecule has 0 aliphatic heterocycles. The lowest BCUT2D eigenvalue weighted by Gasteiger charge is -2.33. The standard InChI is InChI=1S/C15H23FO3/c1-4-15(18,5-2)19-14(10-17)11(3)12-8-6-7-9-13(12)16/h6-9,11,14,17-18H,4-5,10H2,1-3H3. The van der Waals surface area contributed by atoms with Crippen LogP contribution < -0.4 is 0 Å². The van der Waals surface area contributed by atoms with Crippen LogP contribution in [0.1, 0.15) is 45.1 Å². The van der Waals surface area contributed by atoms with E-state index in [2.05, 4.69) is 0 Å². The minimum Gasteiger partial charge on any atom is -0.394 e. The van der Waals surface area contributed by atoms with Crippen LogP contribution in [-0.2, 0) is 4.74 Å². The Kier molecular flexibility index (Phi) is 5.91. The lowest BCUT2D eigenvalue weighted by molar-refractivity contribution is -0.242. The fraction of sp³-hybridized carbons (Fsp3) is 0.600. The third-order valence-corrected chi connectivity index (χ3v) is 3.61. The lowest BCUT2D eigenvalue weighted by Crippen LogP contribution is -2.39. The smallest absolute Gasteiger partial charge is 0.165 e. The summed E-state index contributed by atoms with van der Waals surface area (Å²) >= 11 is 0. The maximum absolute atomic E-state index is 13.7. The Hall–Kier alpha value is -0.970. The van der Waals surface area contributed by atoms with Crippen molar-refractivity contribution < 1.29 is 19.3 Å². The molecule has 2 atom stereocenters. The van der Waals surface area contributed by atoms with E-state index in [1.165, 1.54) is 6.07 Å². The summed E-state index contributed by atoms with van der Waals surface area (Å²) in [6.07, 6.45) is 0.204. The van der Waals surface area contributed by atoms with Crippen LogP contribution >= 0.6 is 0 Å². The highest BCUT2D eigenvalue weighted by Gasteiger charge is 2.31. The van der Waals surface area contributed by atoms with Crippen molar-refractivity contribution >= 4 is 0 Å². The van der Waals surface area contributed by atoms with Gasteiger partial charge in [0.2, 0.25) is 0 Å². The van der Waals surface area contributed by atoms with Crippen molar-refractivity contribution in [2.45, 2.75) is 51.4 Å². The van der Waals surface area contributed by atoms with Crippen LogP contribution in [0.15, 0.2) is 24.3 Å². The van der Waals surface area contributed by atoms with Gasteiger partial charge in [0.1, 0.15) is 5.82 Å². The molecule has 1 rings (SSSR count). The molecule has 1 aromatic carbocycles. The van der Waals surface area contributed by atoms with Gasteiger partial charge < -0.3 is 14.9 Å². The number of aliphatic hydroxyl groups excluding tert-OH is 1. The molecule has 4 heteroatoms. The number of hydrogen-bond acceptors (Lipinski definition) is 3. The summed E-state index contributed by atoms with van der Waals surface area (Å²) in [5.74, 6) is -1.93. The molecule has 1 aromatic rings. The molecule has 0 saturated carbocycles. The van der Waals surface area contributed by atoms with Gasteiger partial charge in [-0.05, 0) is 24.5 Å². The molecule has 0 aromatic heterocycles. The molecule has 19 heavy (non-hydrogen) atoms. The average Bonchev–Trinajstić information content (AvgIpc) is 2.44. The minimum absolute atomic E-state index is 0.266. The number of hydrogen-bond donors (Lipinski definition) is 2. The third-order valence-electron chi connectivity index (χ3n) is 3.61. The first-order valence-corrected chi connectivity index (χ1v) is 6.72. The van der Waals surface area contributed by atoms with Crippen LogP contribution in [0.5, 0.6) is 0 Å². The molecule has 2 unspecified atom stereocenters. The molecular weight excluding hydrogens is 247 g/mol. The van der Waals surface area contributed by atoms with Crippen molar-refractivity contribution in [2.24, 2.45) is 0 Å². The van der Waals surface area contributed by atoms with E-state index < -0.39 is 11.9 Å². The van der Waals surface area contributed by atoms with Crippen LogP contribution in [0.4, 0.5) is 4.39 Å². The van der Waals surface area contributed by atoms with E-state index in [4.69, 9.17) is 4.74 Å². The fourth-order valence-electron chi connectivity index (χ4n) is 2.04. The number of rotatable bonds is 7. The lowest BCUT2D eigenvalue weighted by atomic mass is 9.94. The number of benzene rings is 1. The molecule has 0 fully saturated rings. The van der Waals surface area contributed by atoms with Gasteiger partial charge in [-0.2, -0.15) is 0 Å². The van der Waals surface area contributed by atoms with Crippen molar-refractivity contribution in [1.82, 2.24) is 0 Å². The molecule has 0 radical (unpaired) electrons. The van der Waals surface area contributed by atoms with Crippen molar-refractivity contribution in [2.75, 3.05) is 6.61 Å². The summed E-state index contributed by atoms with van der Waals surface area (Å²) in [5, 5.41) is 19.6. The van der Waals surface area contributed by atoms with Gasteiger partial charge in [0.05, 0.1) is 12.7 Å². The highest BCUT2D eigenvalue weighted by molar-refractivity contribution is 5.22. The zero-order valence-electron chi connectivity index (χ0n) is 11.8. The Morgan fingerprint density at radius 2 is 1.84 bits per heavy atom. The van der Waals surface area contributed by atoms with E-state index in [1.54, 1.807) is 25.1 Å². The SMILES string of the molecule is CCC(O)(CC)OC(CO)C(C)c1ccccc1F. The van der Waals surface area contributed by atoms with Crippen molar-refractivity contribution in [3.63, 3.8) is 0 Å². The highest BCUT2D eigenvalue weighted by atomic mass is 19.1. The van der Waals surface area contributed by atoms with E-state index >= 15 is 0 Å². The molecule has 0 bridgehead atoms. The molecule has 0 heterocycles. The minimum atomic E-state index is -1.27. The van der Waals surface area contributed by atoms with Gasteiger partial charge in [0.15, 0.2) is 5.79 Å². The maximum Gasteiger partial charge on any atom is 0.165 e. The summed E-state index contributed by atoms with van der Waals surface area (Å²) in [6, 6.07) is 6.42. The Balaban J connectivity index is 2.89. The molecule has 0 saturated heterocycles. The van der Waals surface area contributed by atoms with Crippen LogP contribution in [0.2, 0.25) is 0 Å². The number of halogens is 1. The second-order valence-corrected chi connectivity index (χ2v) is 4.80. The summed E-state index contributed by atoms with van der Waals surface area (Å²) < 4.78 is 19.3. The number of aliphatic hydroxyl groups is 2. The van der Waals surface area contributed by atoms with Gasteiger partial charge in [0.25, 0.3) is 0 Å². The van der Waals surface area contributed by atoms with Crippen LogP contribution in [0, 0.1) is 5.82 Å². The fourth-order valence-corrected chi connectivity index (χ4v) is 2.04. The molecule has 2 N–H and O–H groups in total. The largest absolute Gasteiger partial charge is 0.394 e. The highest BCUT2D eigenvalue weighted by Crippen LogP contribution is 2.28. The van der Waals surface area contributed by atoms with E-state index in [9.17, 15) is 14.6 Å². The monoisotopic (exact) mass is 270 g/mol. The van der Waals surface area contributed by atoms with Crippen LogP contribution in [0.25, 0.3) is 0 Å². The molecule has 0 aliphatic rings. The van der Waals surface area contributed by atoms with Gasteiger partial charge in [-0.15, -0.1) is 0 Å². The molecule has 0 amide bonds. The Morgan fingerprint density at radius 1 is 1.26 bits per heavy atom. The quantitative estimate of drug-likeness (QED) is 0.749. The maximum atomic E-state index is 13.7. The third kappa shape index (κ3) is 4.00. The predicted molar refractivity (Wildman–Crippen MR) is 72.3 cm³/mol. The first kappa shape index (κ1) is 16.1. The zero-order valence-corrected chi connectivity index (χ0v) is 11.8. The van der Waals surface area contributed by atoms with Gasteiger partial charge in [-0.1, -0.05) is 39.0 Å². The first-order valence-electron chi connectivity index (χ1n) is 6.72. The van der Waals surface area contributed by atoms with E-state index in [-0.39, 0.29) is 18.3 Å². The van der Waals surface area contributed by atoms with Crippen LogP contribution in [0.3, 0.4) is 0 Å². The van der Waals surface area contributed by atoms with E-state index in [0.717, 1.165) is 0 Å². The Labute approximate surface area is 114 Å². The summed E-state index contributed by atoms with van der Waals surface area (Å²) in [5.41, 5.74) is 0.483. The summed E-state index contributed by atoms with van der Waals surface area (Å²) in [7, 11) is 0. The van der Waals surface area contributed by atoms with Gasteiger partial charge in [-0.3, -0.25) is 0 Å². The second-order valence-electron chi connectivity index (χ2n) is 4.80.